The summed E-state index contributed by atoms with van der Waals surface area (Å²) in [4.78, 5) is 15.4. The molecule has 7 heteroatoms. The Labute approximate surface area is 180 Å². The third kappa shape index (κ3) is 4.65. The molecule has 0 atom stereocenters. The number of hydrogen-bond acceptors (Lipinski definition) is 4. The Hall–Kier alpha value is -2.44. The van der Waals surface area contributed by atoms with Crippen molar-refractivity contribution >= 4 is 23.1 Å². The van der Waals surface area contributed by atoms with Gasteiger partial charge in [-0.1, -0.05) is 18.5 Å². The zero-order chi connectivity index (χ0) is 21.1. The smallest absolute Gasteiger partial charge is 0.303 e. The summed E-state index contributed by atoms with van der Waals surface area (Å²) in [6.45, 7) is 3.26. The zero-order valence-corrected chi connectivity index (χ0v) is 17.9. The van der Waals surface area contributed by atoms with Crippen LogP contribution in [0.25, 0.3) is 16.6 Å². The van der Waals surface area contributed by atoms with Gasteiger partial charge in [0.1, 0.15) is 0 Å². The maximum absolute atomic E-state index is 11.1. The number of carboxylic acids is 1. The molecular formula is C23H26ClN3O3. The van der Waals surface area contributed by atoms with E-state index >= 15 is 0 Å². The van der Waals surface area contributed by atoms with E-state index in [1.54, 1.807) is 12.4 Å². The van der Waals surface area contributed by atoms with E-state index in [0.29, 0.717) is 30.4 Å². The summed E-state index contributed by atoms with van der Waals surface area (Å²) >= 11 is 6.25. The van der Waals surface area contributed by atoms with Crippen LogP contribution in [-0.4, -0.2) is 32.3 Å². The van der Waals surface area contributed by atoms with Gasteiger partial charge in [-0.2, -0.15) is 5.10 Å². The van der Waals surface area contributed by atoms with Crippen molar-refractivity contribution in [3.8, 4) is 11.1 Å². The van der Waals surface area contributed by atoms with Crippen LogP contribution in [0.3, 0.4) is 0 Å². The van der Waals surface area contributed by atoms with Crippen LogP contribution in [0.2, 0.25) is 5.02 Å². The van der Waals surface area contributed by atoms with Gasteiger partial charge in [-0.05, 0) is 61.8 Å². The largest absolute Gasteiger partial charge is 0.481 e. The molecule has 4 rings (SSSR count). The number of aliphatic carboxylic acids is 1. The quantitative estimate of drug-likeness (QED) is 0.495. The van der Waals surface area contributed by atoms with Crippen molar-refractivity contribution in [2.75, 3.05) is 6.61 Å². The Morgan fingerprint density at radius 2 is 2.17 bits per heavy atom. The highest BCUT2D eigenvalue weighted by Gasteiger charge is 2.23. The van der Waals surface area contributed by atoms with Crippen LogP contribution in [-0.2, 0) is 29.0 Å². The summed E-state index contributed by atoms with van der Waals surface area (Å²) in [6.07, 6.45) is 7.98. The van der Waals surface area contributed by atoms with E-state index in [1.807, 2.05) is 10.6 Å². The van der Waals surface area contributed by atoms with Crippen molar-refractivity contribution in [3.63, 3.8) is 0 Å². The van der Waals surface area contributed by atoms with E-state index in [9.17, 15) is 4.79 Å². The van der Waals surface area contributed by atoms with Gasteiger partial charge in [-0.3, -0.25) is 9.78 Å². The van der Waals surface area contributed by atoms with Gasteiger partial charge < -0.3 is 9.84 Å². The van der Waals surface area contributed by atoms with Crippen molar-refractivity contribution < 1.29 is 14.6 Å². The second-order valence-corrected chi connectivity index (χ2v) is 8.31. The molecule has 1 fully saturated rings. The first-order chi connectivity index (χ1) is 14.6. The molecule has 3 aromatic rings. The molecule has 0 unspecified atom stereocenters. The fourth-order valence-corrected chi connectivity index (χ4v) is 3.98. The Morgan fingerprint density at radius 1 is 1.33 bits per heavy atom. The van der Waals surface area contributed by atoms with Crippen molar-refractivity contribution in [1.82, 2.24) is 14.6 Å². The molecule has 1 aliphatic carbocycles. The predicted molar refractivity (Wildman–Crippen MR) is 116 cm³/mol. The monoisotopic (exact) mass is 427 g/mol. The van der Waals surface area contributed by atoms with E-state index in [-0.39, 0.29) is 6.42 Å². The second-order valence-electron chi connectivity index (χ2n) is 7.87. The van der Waals surface area contributed by atoms with Gasteiger partial charge in [0, 0.05) is 42.2 Å². The zero-order valence-electron chi connectivity index (χ0n) is 17.1. The topological polar surface area (TPSA) is 76.7 Å². The van der Waals surface area contributed by atoms with Crippen molar-refractivity contribution in [3.05, 3.63) is 52.6 Å². The summed E-state index contributed by atoms with van der Waals surface area (Å²) in [6, 6.07) is 6.05. The van der Waals surface area contributed by atoms with Gasteiger partial charge in [0.25, 0.3) is 0 Å². The third-order valence-electron chi connectivity index (χ3n) is 5.52. The molecule has 1 aliphatic rings. The molecule has 0 aliphatic heterocycles. The first-order valence-corrected chi connectivity index (χ1v) is 10.9. The third-order valence-corrected chi connectivity index (χ3v) is 5.73. The number of nitrogens with zero attached hydrogens (tertiary/aromatic N) is 3. The van der Waals surface area contributed by atoms with E-state index in [2.05, 4.69) is 24.0 Å². The molecule has 158 valence electrons. The van der Waals surface area contributed by atoms with E-state index < -0.39 is 5.97 Å². The number of pyridine rings is 1. The van der Waals surface area contributed by atoms with Crippen LogP contribution < -0.4 is 0 Å². The minimum absolute atomic E-state index is 0.113. The molecule has 0 amide bonds. The lowest BCUT2D eigenvalue weighted by atomic mass is 9.95. The number of hydrogen-bond donors (Lipinski definition) is 1. The maximum Gasteiger partial charge on any atom is 0.303 e. The van der Waals surface area contributed by atoms with Crippen molar-refractivity contribution in [1.29, 1.82) is 0 Å². The number of carboxylic acid groups (broad SMARTS) is 1. The summed E-state index contributed by atoms with van der Waals surface area (Å²) < 4.78 is 7.97. The first kappa shape index (κ1) is 20.8. The molecule has 0 spiro atoms. The van der Waals surface area contributed by atoms with Gasteiger partial charge in [0.05, 0.1) is 22.8 Å². The number of halogens is 1. The van der Waals surface area contributed by atoms with Gasteiger partial charge in [-0.15, -0.1) is 0 Å². The second kappa shape index (κ2) is 9.14. The van der Waals surface area contributed by atoms with E-state index in [1.165, 1.54) is 12.8 Å². The molecular weight excluding hydrogens is 402 g/mol. The number of aryl methyl sites for hydroxylation is 1. The van der Waals surface area contributed by atoms with E-state index in [0.717, 1.165) is 46.6 Å². The fraction of sp³-hybridized carbons (Fsp3) is 0.435. The van der Waals surface area contributed by atoms with Gasteiger partial charge in [-0.25, -0.2) is 4.52 Å². The maximum atomic E-state index is 11.1. The average molecular weight is 428 g/mol. The van der Waals surface area contributed by atoms with Gasteiger partial charge in [0.15, 0.2) is 0 Å². The van der Waals surface area contributed by atoms with Crippen LogP contribution in [0.1, 0.15) is 49.6 Å². The lowest BCUT2D eigenvalue weighted by molar-refractivity contribution is -0.137. The summed E-state index contributed by atoms with van der Waals surface area (Å²) in [5, 5.41) is 14.6. The first-order valence-electron chi connectivity index (χ1n) is 10.5. The predicted octanol–water partition coefficient (Wildman–Crippen LogP) is 4.95. The van der Waals surface area contributed by atoms with Crippen molar-refractivity contribution in [2.45, 2.75) is 52.1 Å². The molecule has 0 aromatic carbocycles. The molecule has 0 radical (unpaired) electrons. The normalized spacial score (nSPS) is 13.8. The summed E-state index contributed by atoms with van der Waals surface area (Å²) in [5.41, 5.74) is 5.88. The Morgan fingerprint density at radius 3 is 2.87 bits per heavy atom. The number of rotatable bonds is 10. The molecule has 6 nitrogen and oxygen atoms in total. The average Bonchev–Trinajstić information content (AvgIpc) is 3.45. The molecule has 1 saturated carbocycles. The Balaban J connectivity index is 1.83. The highest BCUT2D eigenvalue weighted by molar-refractivity contribution is 6.30. The van der Waals surface area contributed by atoms with E-state index in [4.69, 9.17) is 26.5 Å². The molecule has 1 N–H and O–H groups in total. The minimum atomic E-state index is -0.794. The minimum Gasteiger partial charge on any atom is -0.481 e. The number of ether oxygens (including phenoxy) is 1. The molecule has 0 bridgehead atoms. The molecule has 30 heavy (non-hydrogen) atoms. The van der Waals surface area contributed by atoms with Crippen LogP contribution in [0.4, 0.5) is 0 Å². The lowest BCUT2D eigenvalue weighted by Crippen LogP contribution is -2.11. The van der Waals surface area contributed by atoms with Crippen LogP contribution >= 0.6 is 11.6 Å². The van der Waals surface area contributed by atoms with Crippen LogP contribution in [0.5, 0.6) is 0 Å². The Kier molecular flexibility index (Phi) is 6.35. The highest BCUT2D eigenvalue weighted by Crippen LogP contribution is 2.34. The number of aromatic nitrogens is 3. The van der Waals surface area contributed by atoms with Gasteiger partial charge in [0.2, 0.25) is 0 Å². The molecule has 3 heterocycles. The molecule has 3 aromatic heterocycles. The number of carbonyl (C=O) groups is 1. The highest BCUT2D eigenvalue weighted by atomic mass is 35.5. The van der Waals surface area contributed by atoms with Crippen LogP contribution in [0.15, 0.2) is 30.6 Å². The number of fused-ring (bicyclic) bond motifs is 1. The molecule has 0 saturated heterocycles. The Bertz CT molecular complexity index is 1060. The summed E-state index contributed by atoms with van der Waals surface area (Å²) in [7, 11) is 0. The lowest BCUT2D eigenvalue weighted by Gasteiger charge is -2.17. The van der Waals surface area contributed by atoms with Crippen LogP contribution in [0, 0.1) is 5.92 Å². The van der Waals surface area contributed by atoms with Crippen molar-refractivity contribution in [2.24, 2.45) is 5.92 Å². The SMILES string of the molecule is CCc1ccc2c(-c3cncc(Cl)c3)c(CCCC(=O)O)c(COCC3CC3)nn12. The standard InChI is InChI=1S/C23H26ClN3O3/c1-2-18-8-9-21-23(16-10-17(24)12-25-11-16)19(4-3-5-22(28)29)20(26-27(18)21)14-30-13-15-6-7-15/h8-12,15H,2-7,13-14H2,1H3,(H,28,29). The fourth-order valence-electron chi connectivity index (χ4n) is 3.81. The van der Waals surface area contributed by atoms with Gasteiger partial charge >= 0.3 is 5.97 Å². The summed E-state index contributed by atoms with van der Waals surface area (Å²) in [5.74, 6) is -0.129.